The first-order valence-electron chi connectivity index (χ1n) is 16.8. The van der Waals surface area contributed by atoms with E-state index in [4.69, 9.17) is 0 Å². The van der Waals surface area contributed by atoms with Crippen LogP contribution in [0.5, 0.6) is 0 Å². The van der Waals surface area contributed by atoms with Crippen molar-refractivity contribution in [3.63, 3.8) is 0 Å². The summed E-state index contributed by atoms with van der Waals surface area (Å²) in [6.07, 6.45) is 0. The van der Waals surface area contributed by atoms with Crippen LogP contribution in [0.4, 0.5) is 22.7 Å². The number of hydrogen-bond acceptors (Lipinski definition) is 2. The second-order valence-electron chi connectivity index (χ2n) is 15.0. The second-order valence-corrected chi connectivity index (χ2v) is 23.8. The molecular formula is C41H49N2Si3. The van der Waals surface area contributed by atoms with Gasteiger partial charge in [0.1, 0.15) is 0 Å². The molecule has 0 heterocycles. The Morgan fingerprint density at radius 3 is 1.59 bits per heavy atom. The fourth-order valence-corrected chi connectivity index (χ4v) is 9.82. The van der Waals surface area contributed by atoms with Crippen LogP contribution in [0.15, 0.2) is 72.8 Å². The van der Waals surface area contributed by atoms with Gasteiger partial charge in [-0.05, 0) is 93.4 Å². The highest BCUT2D eigenvalue weighted by Gasteiger charge is 2.22. The monoisotopic (exact) mass is 653 g/mol. The van der Waals surface area contributed by atoms with E-state index in [2.05, 4.69) is 157 Å². The molecule has 0 fully saturated rings. The Bertz CT molecular complexity index is 2070. The zero-order valence-electron chi connectivity index (χ0n) is 29.6. The van der Waals surface area contributed by atoms with Gasteiger partial charge in [0.2, 0.25) is 0 Å². The quantitative estimate of drug-likeness (QED) is 0.120. The summed E-state index contributed by atoms with van der Waals surface area (Å²) in [5, 5.41) is 20.4. The van der Waals surface area contributed by atoms with Gasteiger partial charge < -0.3 is 10.6 Å². The lowest BCUT2D eigenvalue weighted by Gasteiger charge is -2.24. The molecule has 0 aliphatic heterocycles. The maximum atomic E-state index is 3.97. The molecule has 0 saturated heterocycles. The van der Waals surface area contributed by atoms with Crippen LogP contribution >= 0.6 is 0 Å². The van der Waals surface area contributed by atoms with E-state index in [1.54, 1.807) is 0 Å². The lowest BCUT2D eigenvalue weighted by Crippen LogP contribution is -2.40. The molecule has 0 saturated carbocycles. The molecule has 235 valence electrons. The molecule has 0 bridgehead atoms. The minimum absolute atomic E-state index is 0.401. The summed E-state index contributed by atoms with van der Waals surface area (Å²) in [6.45, 7) is 25.9. The smallest absolute Gasteiger partial charge is 0.0792 e. The van der Waals surface area contributed by atoms with Crippen molar-refractivity contribution in [1.82, 2.24) is 0 Å². The Balaban J connectivity index is 1.62. The normalized spacial score (nSPS) is 12.5. The first-order chi connectivity index (χ1) is 21.7. The van der Waals surface area contributed by atoms with Gasteiger partial charge in [0.25, 0.3) is 0 Å². The average molecular weight is 654 g/mol. The predicted octanol–water partition coefficient (Wildman–Crippen LogP) is 10.5. The lowest BCUT2D eigenvalue weighted by molar-refractivity contribution is 0.876. The van der Waals surface area contributed by atoms with Crippen LogP contribution in [0.1, 0.15) is 56.2 Å². The standard InChI is InChI=1S/C41H49N2Si3/c1-24(2)36-22-38(42-27-16-26(5)17-30(19-27)45(7)8)34-14-12-33-37(25(3)4)23-39(35-15-13-32(36)40(34)41(33)35)43-28-18-29(44-6)21-31(20-28)46(9,10)11/h12-25,42-43H,1-11H3. The van der Waals surface area contributed by atoms with Crippen LogP contribution in [0.3, 0.4) is 0 Å². The fourth-order valence-electron chi connectivity index (χ4n) is 6.94. The zero-order valence-corrected chi connectivity index (χ0v) is 32.6. The molecule has 0 aliphatic rings. The van der Waals surface area contributed by atoms with Crippen LogP contribution in [0.25, 0.3) is 32.3 Å². The molecule has 2 nitrogen and oxygen atoms in total. The Labute approximate surface area is 281 Å². The molecule has 0 unspecified atom stereocenters. The van der Waals surface area contributed by atoms with E-state index in [0.29, 0.717) is 11.8 Å². The van der Waals surface area contributed by atoms with E-state index in [9.17, 15) is 0 Å². The minimum Gasteiger partial charge on any atom is -0.355 e. The molecule has 6 rings (SSSR count). The number of anilines is 4. The van der Waals surface area contributed by atoms with Gasteiger partial charge in [-0.2, -0.15) is 0 Å². The number of hydrogen-bond donors (Lipinski definition) is 2. The average Bonchev–Trinajstić information content (AvgIpc) is 2.99. The van der Waals surface area contributed by atoms with Gasteiger partial charge in [-0.1, -0.05) is 119 Å². The molecule has 0 amide bonds. The highest BCUT2D eigenvalue weighted by atomic mass is 28.3. The van der Waals surface area contributed by atoms with Crippen LogP contribution < -0.4 is 26.2 Å². The highest BCUT2D eigenvalue weighted by Crippen LogP contribution is 2.46. The maximum Gasteiger partial charge on any atom is 0.0792 e. The molecule has 46 heavy (non-hydrogen) atoms. The SMILES string of the molecule is C[Si]c1cc(Nc2cc(C(C)C)c3ccc4c(Nc5cc(C)cc([Si](C)C)c5)cc(C(C)C)c5ccc2c3c45)cc([Si](C)(C)C)c1. The molecule has 5 heteroatoms. The van der Waals surface area contributed by atoms with Crippen LogP contribution in [-0.2, 0) is 0 Å². The second kappa shape index (κ2) is 12.3. The maximum absolute atomic E-state index is 3.97. The largest absolute Gasteiger partial charge is 0.355 e. The number of nitrogens with one attached hydrogen (secondary N) is 2. The summed E-state index contributed by atoms with van der Waals surface area (Å²) < 4.78 is 0. The van der Waals surface area contributed by atoms with Gasteiger partial charge >= 0.3 is 0 Å². The van der Waals surface area contributed by atoms with Crippen molar-refractivity contribution < 1.29 is 0 Å². The molecule has 2 N–H and O–H groups in total. The van der Waals surface area contributed by atoms with E-state index in [1.807, 2.05) is 0 Å². The summed E-state index contributed by atoms with van der Waals surface area (Å²) in [7, 11) is -1.25. The van der Waals surface area contributed by atoms with Gasteiger partial charge in [0.15, 0.2) is 0 Å². The molecule has 3 radical (unpaired) electrons. The third-order valence-corrected chi connectivity index (χ3v) is 13.8. The van der Waals surface area contributed by atoms with Crippen LogP contribution in [-0.4, -0.2) is 26.4 Å². The Morgan fingerprint density at radius 1 is 0.630 bits per heavy atom. The first kappa shape index (κ1) is 32.5. The summed E-state index contributed by atoms with van der Waals surface area (Å²) in [5.41, 5.74) is 8.91. The van der Waals surface area contributed by atoms with Crippen molar-refractivity contribution in [2.24, 2.45) is 0 Å². The number of aryl methyl sites for hydroxylation is 1. The Kier molecular flexibility index (Phi) is 8.72. The molecule has 0 aromatic heterocycles. The highest BCUT2D eigenvalue weighted by molar-refractivity contribution is 6.89. The van der Waals surface area contributed by atoms with Crippen molar-refractivity contribution in [3.05, 3.63) is 89.5 Å². The van der Waals surface area contributed by atoms with Gasteiger partial charge in [0, 0.05) is 33.5 Å². The van der Waals surface area contributed by atoms with E-state index in [0.717, 1.165) is 9.52 Å². The van der Waals surface area contributed by atoms with E-state index in [-0.39, 0.29) is 0 Å². The zero-order chi connectivity index (χ0) is 33.1. The topological polar surface area (TPSA) is 24.1 Å². The van der Waals surface area contributed by atoms with E-state index in [1.165, 1.54) is 87.3 Å². The van der Waals surface area contributed by atoms with E-state index >= 15 is 0 Å². The van der Waals surface area contributed by atoms with Gasteiger partial charge in [-0.15, -0.1) is 0 Å². The predicted molar refractivity (Wildman–Crippen MR) is 214 cm³/mol. The van der Waals surface area contributed by atoms with Gasteiger partial charge in [0.05, 0.1) is 26.4 Å². The summed E-state index contributed by atoms with van der Waals surface area (Å²) >= 11 is 0. The molecule has 0 atom stereocenters. The fraction of sp³-hybridized carbons (Fsp3) is 0.317. The van der Waals surface area contributed by atoms with Gasteiger partial charge in [-0.3, -0.25) is 0 Å². The number of benzene rings is 6. The van der Waals surface area contributed by atoms with Gasteiger partial charge in [-0.25, -0.2) is 0 Å². The Hall–Kier alpha value is -3.39. The lowest BCUT2D eigenvalue weighted by atomic mass is 9.84. The van der Waals surface area contributed by atoms with Crippen LogP contribution in [0.2, 0.25) is 39.3 Å². The van der Waals surface area contributed by atoms with Crippen molar-refractivity contribution in [2.75, 3.05) is 10.6 Å². The van der Waals surface area contributed by atoms with Crippen molar-refractivity contribution in [3.8, 4) is 0 Å². The molecule has 0 aliphatic carbocycles. The molecular weight excluding hydrogens is 605 g/mol. The third-order valence-electron chi connectivity index (χ3n) is 9.51. The molecule has 0 spiro atoms. The Morgan fingerprint density at radius 2 is 1.13 bits per heavy atom. The summed E-state index contributed by atoms with van der Waals surface area (Å²) in [6, 6.07) is 28.6. The summed E-state index contributed by atoms with van der Waals surface area (Å²) in [4.78, 5) is 0. The number of rotatable bonds is 9. The van der Waals surface area contributed by atoms with E-state index < -0.39 is 16.9 Å². The molecule has 6 aromatic carbocycles. The van der Waals surface area contributed by atoms with Crippen molar-refractivity contribution >= 4 is 97.0 Å². The summed E-state index contributed by atoms with van der Waals surface area (Å²) in [5.74, 6) is 0.803. The van der Waals surface area contributed by atoms with Crippen LogP contribution in [0, 0.1) is 6.92 Å². The minimum atomic E-state index is -1.48. The molecule has 6 aromatic rings. The van der Waals surface area contributed by atoms with Crippen molar-refractivity contribution in [2.45, 2.75) is 85.7 Å². The first-order valence-corrected chi connectivity index (χ1v) is 24.3. The van der Waals surface area contributed by atoms with Crippen molar-refractivity contribution in [1.29, 1.82) is 0 Å². The third kappa shape index (κ3) is 6.05.